The molecule has 0 radical (unpaired) electrons. The number of nitriles is 2. The van der Waals surface area contributed by atoms with Gasteiger partial charge >= 0.3 is 12.4 Å². The Kier molecular flexibility index (Phi) is 6.45. The normalized spacial score (nSPS) is 11.0. The van der Waals surface area contributed by atoms with E-state index in [4.69, 9.17) is 10.5 Å². The van der Waals surface area contributed by atoms with Crippen LogP contribution in [0, 0.1) is 22.7 Å². The second kappa shape index (κ2) is 8.10. The highest BCUT2D eigenvalue weighted by Crippen LogP contribution is 2.29. The zero-order chi connectivity index (χ0) is 19.1. The standard InChI is InChI=1S/C13H8F6N4O2/c14-12(15,16)6-24-10-1-8(22-23-9(4-20)5-21)2-11(3-10)25-7-13(17,18)19/h1-3,22H,6-7H2. The Hall–Kier alpha value is -3.15. The molecule has 0 unspecified atom stereocenters. The summed E-state index contributed by atoms with van der Waals surface area (Å²) in [4.78, 5) is 0. The van der Waals surface area contributed by atoms with Crippen molar-refractivity contribution in [1.82, 2.24) is 0 Å². The molecule has 0 saturated carbocycles. The SMILES string of the molecule is N#CC(C#N)=NNc1cc(OCC(F)(F)F)cc(OCC(F)(F)F)c1. The van der Waals surface area contributed by atoms with Crippen LogP contribution in [-0.4, -0.2) is 31.3 Å². The maximum atomic E-state index is 12.2. The van der Waals surface area contributed by atoms with Crippen LogP contribution in [0.4, 0.5) is 32.0 Å². The smallest absolute Gasteiger partial charge is 0.422 e. The van der Waals surface area contributed by atoms with Crippen LogP contribution in [0.5, 0.6) is 11.5 Å². The van der Waals surface area contributed by atoms with Gasteiger partial charge in [-0.1, -0.05) is 0 Å². The highest BCUT2D eigenvalue weighted by Gasteiger charge is 2.30. The third kappa shape index (κ3) is 8.31. The summed E-state index contributed by atoms with van der Waals surface area (Å²) in [6.07, 6.45) is -9.33. The van der Waals surface area contributed by atoms with Gasteiger partial charge in [0.25, 0.3) is 0 Å². The van der Waals surface area contributed by atoms with E-state index in [1.54, 1.807) is 0 Å². The van der Waals surface area contributed by atoms with Crippen molar-refractivity contribution in [3.05, 3.63) is 18.2 Å². The summed E-state index contributed by atoms with van der Waals surface area (Å²) in [6, 6.07) is 5.59. The van der Waals surface area contributed by atoms with Crippen molar-refractivity contribution >= 4 is 11.4 Å². The average Bonchev–Trinajstić information content (AvgIpc) is 2.51. The highest BCUT2D eigenvalue weighted by atomic mass is 19.4. The van der Waals surface area contributed by atoms with Gasteiger partial charge in [-0.15, -0.1) is 0 Å². The quantitative estimate of drug-likeness (QED) is 0.474. The number of alkyl halides is 6. The van der Waals surface area contributed by atoms with Crippen molar-refractivity contribution in [2.75, 3.05) is 18.6 Å². The number of halogens is 6. The molecular formula is C13H8F6N4O2. The lowest BCUT2D eigenvalue weighted by Crippen LogP contribution is -2.20. The van der Waals surface area contributed by atoms with Gasteiger partial charge in [-0.05, 0) is 0 Å². The predicted octanol–water partition coefficient (Wildman–Crippen LogP) is 3.38. The van der Waals surface area contributed by atoms with E-state index in [-0.39, 0.29) is 5.69 Å². The van der Waals surface area contributed by atoms with E-state index >= 15 is 0 Å². The number of hydrazone groups is 1. The van der Waals surface area contributed by atoms with Crippen LogP contribution in [0.1, 0.15) is 0 Å². The second-order valence-electron chi connectivity index (χ2n) is 4.30. The molecule has 134 valence electrons. The van der Waals surface area contributed by atoms with Crippen molar-refractivity contribution in [3.8, 4) is 23.6 Å². The molecule has 0 fully saturated rings. The molecule has 1 N–H and O–H groups in total. The zero-order valence-corrected chi connectivity index (χ0v) is 12.1. The molecule has 1 aromatic rings. The van der Waals surface area contributed by atoms with Crippen LogP contribution >= 0.6 is 0 Å². The summed E-state index contributed by atoms with van der Waals surface area (Å²) in [5, 5.41) is 20.4. The monoisotopic (exact) mass is 366 g/mol. The van der Waals surface area contributed by atoms with Gasteiger partial charge < -0.3 is 9.47 Å². The van der Waals surface area contributed by atoms with E-state index in [0.29, 0.717) is 0 Å². The minimum absolute atomic E-state index is 0.153. The Morgan fingerprint density at radius 2 is 1.36 bits per heavy atom. The lowest BCUT2D eigenvalue weighted by Gasteiger charge is -2.14. The van der Waals surface area contributed by atoms with Crippen molar-refractivity contribution in [3.63, 3.8) is 0 Å². The number of rotatable bonds is 6. The molecule has 0 saturated heterocycles. The molecular weight excluding hydrogens is 358 g/mol. The molecule has 12 heteroatoms. The summed E-state index contributed by atoms with van der Waals surface area (Å²) in [5.41, 5.74) is 1.38. The lowest BCUT2D eigenvalue weighted by molar-refractivity contribution is -0.153. The van der Waals surface area contributed by atoms with E-state index < -0.39 is 42.8 Å². The summed E-state index contributed by atoms with van der Waals surface area (Å²) >= 11 is 0. The number of anilines is 1. The third-order valence-electron chi connectivity index (χ3n) is 2.19. The Balaban J connectivity index is 3.03. The first kappa shape index (κ1) is 19.9. The van der Waals surface area contributed by atoms with E-state index in [1.165, 1.54) is 12.1 Å². The van der Waals surface area contributed by atoms with Gasteiger partial charge in [-0.3, -0.25) is 5.43 Å². The van der Waals surface area contributed by atoms with Gasteiger partial charge in [0, 0.05) is 18.2 Å². The number of hydrogen-bond donors (Lipinski definition) is 1. The van der Waals surface area contributed by atoms with E-state index in [1.807, 2.05) is 0 Å². The molecule has 0 aromatic heterocycles. The fraction of sp³-hybridized carbons (Fsp3) is 0.308. The Morgan fingerprint density at radius 3 is 1.72 bits per heavy atom. The molecule has 25 heavy (non-hydrogen) atoms. The van der Waals surface area contributed by atoms with E-state index in [0.717, 1.165) is 18.2 Å². The molecule has 1 aromatic carbocycles. The summed E-state index contributed by atoms with van der Waals surface area (Å²) in [6.45, 7) is -3.36. The fourth-order valence-corrected chi connectivity index (χ4v) is 1.33. The van der Waals surface area contributed by atoms with Crippen LogP contribution in [0.2, 0.25) is 0 Å². The van der Waals surface area contributed by atoms with Crippen molar-refractivity contribution in [2.24, 2.45) is 5.10 Å². The van der Waals surface area contributed by atoms with Crippen LogP contribution in [0.3, 0.4) is 0 Å². The second-order valence-corrected chi connectivity index (χ2v) is 4.30. The molecule has 0 spiro atoms. The van der Waals surface area contributed by atoms with Gasteiger partial charge in [0.15, 0.2) is 13.2 Å². The van der Waals surface area contributed by atoms with Crippen LogP contribution in [-0.2, 0) is 0 Å². The molecule has 0 amide bonds. The Labute approximate surface area is 136 Å². The number of hydrogen-bond acceptors (Lipinski definition) is 6. The van der Waals surface area contributed by atoms with Gasteiger partial charge in [-0.2, -0.15) is 42.0 Å². The highest BCUT2D eigenvalue weighted by molar-refractivity contribution is 6.10. The van der Waals surface area contributed by atoms with E-state index in [2.05, 4.69) is 20.0 Å². The molecule has 6 nitrogen and oxygen atoms in total. The van der Waals surface area contributed by atoms with Crippen molar-refractivity contribution < 1.29 is 35.8 Å². The molecule has 0 bridgehead atoms. The maximum Gasteiger partial charge on any atom is 0.422 e. The summed E-state index contributed by atoms with van der Waals surface area (Å²) < 4.78 is 81.9. The first-order chi connectivity index (χ1) is 11.5. The summed E-state index contributed by atoms with van der Waals surface area (Å²) in [5.74, 6) is -0.907. The third-order valence-corrected chi connectivity index (χ3v) is 2.19. The molecule has 0 aliphatic rings. The van der Waals surface area contributed by atoms with Crippen LogP contribution in [0.25, 0.3) is 0 Å². The molecule has 0 aliphatic carbocycles. The number of benzene rings is 1. The fourth-order valence-electron chi connectivity index (χ4n) is 1.33. The van der Waals surface area contributed by atoms with Crippen molar-refractivity contribution in [2.45, 2.75) is 12.4 Å². The molecule has 0 aliphatic heterocycles. The average molecular weight is 366 g/mol. The number of ether oxygens (including phenoxy) is 2. The largest absolute Gasteiger partial charge is 0.484 e. The predicted molar refractivity (Wildman–Crippen MR) is 71.8 cm³/mol. The van der Waals surface area contributed by atoms with Crippen LogP contribution in [0.15, 0.2) is 23.3 Å². The van der Waals surface area contributed by atoms with Gasteiger partial charge in [0.2, 0.25) is 5.71 Å². The first-order valence-corrected chi connectivity index (χ1v) is 6.20. The number of nitrogens with one attached hydrogen (secondary N) is 1. The van der Waals surface area contributed by atoms with Gasteiger partial charge in [-0.25, -0.2) is 0 Å². The van der Waals surface area contributed by atoms with Crippen LogP contribution < -0.4 is 14.9 Å². The summed E-state index contributed by atoms with van der Waals surface area (Å²) in [7, 11) is 0. The Bertz CT molecular complexity index is 663. The Morgan fingerprint density at radius 1 is 0.920 bits per heavy atom. The molecule has 0 atom stereocenters. The molecule has 0 heterocycles. The minimum Gasteiger partial charge on any atom is -0.484 e. The molecule has 1 rings (SSSR count). The maximum absolute atomic E-state index is 12.2. The first-order valence-electron chi connectivity index (χ1n) is 6.20. The van der Waals surface area contributed by atoms with Gasteiger partial charge in [0.1, 0.15) is 23.6 Å². The van der Waals surface area contributed by atoms with E-state index in [9.17, 15) is 26.3 Å². The minimum atomic E-state index is -4.66. The zero-order valence-electron chi connectivity index (χ0n) is 12.1. The topological polar surface area (TPSA) is 90.4 Å². The van der Waals surface area contributed by atoms with Gasteiger partial charge in [0.05, 0.1) is 5.69 Å². The number of nitrogens with zero attached hydrogens (tertiary/aromatic N) is 3. The van der Waals surface area contributed by atoms with Crippen molar-refractivity contribution in [1.29, 1.82) is 10.5 Å². The lowest BCUT2D eigenvalue weighted by atomic mass is 10.3.